The van der Waals surface area contributed by atoms with Gasteiger partial charge in [-0.05, 0) is 30.9 Å². The number of nitrogen functional groups attached to an aromatic ring is 1. The Labute approximate surface area is 89.0 Å². The van der Waals surface area contributed by atoms with Gasteiger partial charge in [0.05, 0.1) is 5.56 Å². The van der Waals surface area contributed by atoms with E-state index in [1.807, 2.05) is 6.92 Å². The Hall–Kier alpha value is -1.58. The normalized spacial score (nSPS) is 10.7. The van der Waals surface area contributed by atoms with Crippen LogP contribution in [0.1, 0.15) is 30.7 Å². The quantitative estimate of drug-likeness (QED) is 0.513. The van der Waals surface area contributed by atoms with Crippen LogP contribution < -0.4 is 11.3 Å². The maximum atomic E-state index is 11.5. The third-order valence-electron chi connectivity index (χ3n) is 2.25. The van der Waals surface area contributed by atoms with Crippen molar-refractivity contribution in [1.29, 1.82) is 5.41 Å². The minimum atomic E-state index is -0.274. The number of nitrogens with two attached hydrogens (primary N) is 1. The predicted octanol–water partition coefficient (Wildman–Crippen LogP) is 1.17. The molecule has 4 heteroatoms. The monoisotopic (exact) mass is 207 g/mol. The second-order valence-electron chi connectivity index (χ2n) is 4.19. The van der Waals surface area contributed by atoms with Crippen LogP contribution in [-0.2, 0) is 6.42 Å². The van der Waals surface area contributed by atoms with Gasteiger partial charge < -0.3 is 10.7 Å². The number of hydrogen-bond acceptors (Lipinski definition) is 2. The summed E-state index contributed by atoms with van der Waals surface area (Å²) in [5.41, 5.74) is 7.18. The molecule has 0 aliphatic carbocycles. The number of hydrogen-bond donors (Lipinski definition) is 3. The summed E-state index contributed by atoms with van der Waals surface area (Å²) in [6.07, 6.45) is 0.833. The molecule has 0 radical (unpaired) electrons. The first-order chi connectivity index (χ1) is 6.91. The first-order valence-electron chi connectivity index (χ1n) is 4.99. The SMILES string of the molecule is Cc1cc(C(=N)N)c(=O)[nH]c1CC(C)C. The van der Waals surface area contributed by atoms with E-state index < -0.39 is 0 Å². The molecule has 15 heavy (non-hydrogen) atoms. The molecule has 0 aliphatic rings. The molecule has 82 valence electrons. The first-order valence-corrected chi connectivity index (χ1v) is 4.99. The van der Waals surface area contributed by atoms with E-state index in [4.69, 9.17) is 11.1 Å². The molecule has 4 N–H and O–H groups in total. The highest BCUT2D eigenvalue weighted by Crippen LogP contribution is 2.09. The average Bonchev–Trinajstić information content (AvgIpc) is 2.09. The molecule has 0 saturated carbocycles. The van der Waals surface area contributed by atoms with Gasteiger partial charge in [0.2, 0.25) is 0 Å². The molecule has 1 rings (SSSR count). The van der Waals surface area contributed by atoms with Crippen molar-refractivity contribution in [2.24, 2.45) is 11.7 Å². The van der Waals surface area contributed by atoms with Crippen LogP contribution in [0.5, 0.6) is 0 Å². The summed E-state index contributed by atoms with van der Waals surface area (Å²) in [5, 5.41) is 7.24. The lowest BCUT2D eigenvalue weighted by atomic mass is 10.0. The molecule has 1 heterocycles. The Morgan fingerprint density at radius 3 is 2.67 bits per heavy atom. The zero-order valence-corrected chi connectivity index (χ0v) is 9.35. The van der Waals surface area contributed by atoms with Crippen LogP contribution in [0.15, 0.2) is 10.9 Å². The number of H-pyrrole nitrogens is 1. The molecule has 4 nitrogen and oxygen atoms in total. The van der Waals surface area contributed by atoms with Crippen LogP contribution in [0, 0.1) is 18.3 Å². The number of amidine groups is 1. The van der Waals surface area contributed by atoms with Gasteiger partial charge in [-0.1, -0.05) is 13.8 Å². The van der Waals surface area contributed by atoms with Gasteiger partial charge in [0.1, 0.15) is 5.84 Å². The Morgan fingerprint density at radius 2 is 2.20 bits per heavy atom. The van der Waals surface area contributed by atoms with Crippen LogP contribution in [0.3, 0.4) is 0 Å². The lowest BCUT2D eigenvalue weighted by Crippen LogP contribution is -2.25. The van der Waals surface area contributed by atoms with Crippen molar-refractivity contribution in [3.05, 3.63) is 33.2 Å². The van der Waals surface area contributed by atoms with E-state index in [0.717, 1.165) is 17.7 Å². The second kappa shape index (κ2) is 4.29. The van der Waals surface area contributed by atoms with Crippen molar-refractivity contribution < 1.29 is 0 Å². The second-order valence-corrected chi connectivity index (χ2v) is 4.19. The molecular weight excluding hydrogens is 190 g/mol. The summed E-state index contributed by atoms with van der Waals surface area (Å²) < 4.78 is 0. The van der Waals surface area contributed by atoms with E-state index in [1.54, 1.807) is 6.07 Å². The predicted molar refractivity (Wildman–Crippen MR) is 61.4 cm³/mol. The van der Waals surface area contributed by atoms with Crippen molar-refractivity contribution in [2.45, 2.75) is 27.2 Å². The summed E-state index contributed by atoms with van der Waals surface area (Å²) in [7, 11) is 0. The van der Waals surface area contributed by atoms with Gasteiger partial charge in [-0.15, -0.1) is 0 Å². The molecule has 0 atom stereocenters. The van der Waals surface area contributed by atoms with Crippen molar-refractivity contribution in [3.63, 3.8) is 0 Å². The first kappa shape index (κ1) is 11.5. The van der Waals surface area contributed by atoms with Crippen molar-refractivity contribution in [3.8, 4) is 0 Å². The van der Waals surface area contributed by atoms with Gasteiger partial charge in [0.25, 0.3) is 5.56 Å². The van der Waals surface area contributed by atoms with Gasteiger partial charge in [-0.25, -0.2) is 0 Å². The third-order valence-corrected chi connectivity index (χ3v) is 2.25. The molecule has 0 amide bonds. The van der Waals surface area contributed by atoms with Gasteiger partial charge in [-0.3, -0.25) is 10.2 Å². The molecule has 1 aromatic heterocycles. The Balaban J connectivity index is 3.20. The Bertz CT molecular complexity index is 432. The molecule has 0 unspecified atom stereocenters. The molecule has 0 fully saturated rings. The Kier molecular flexibility index (Phi) is 3.29. The van der Waals surface area contributed by atoms with E-state index >= 15 is 0 Å². The molecule has 0 saturated heterocycles. The fourth-order valence-corrected chi connectivity index (χ4v) is 1.49. The van der Waals surface area contributed by atoms with Gasteiger partial charge in [0, 0.05) is 5.69 Å². The van der Waals surface area contributed by atoms with E-state index in [-0.39, 0.29) is 17.0 Å². The van der Waals surface area contributed by atoms with Gasteiger partial charge in [0.15, 0.2) is 0 Å². The number of aromatic nitrogens is 1. The lowest BCUT2D eigenvalue weighted by Gasteiger charge is -2.09. The highest BCUT2D eigenvalue weighted by atomic mass is 16.1. The smallest absolute Gasteiger partial charge is 0.259 e. The van der Waals surface area contributed by atoms with Crippen LogP contribution >= 0.6 is 0 Å². The maximum absolute atomic E-state index is 11.5. The minimum Gasteiger partial charge on any atom is -0.384 e. The zero-order valence-electron chi connectivity index (χ0n) is 9.35. The highest BCUT2D eigenvalue weighted by Gasteiger charge is 2.08. The summed E-state index contributed by atoms with van der Waals surface area (Å²) in [6.45, 7) is 6.10. The van der Waals surface area contributed by atoms with Crippen LogP contribution in [-0.4, -0.2) is 10.8 Å². The topological polar surface area (TPSA) is 82.7 Å². The van der Waals surface area contributed by atoms with Crippen molar-refractivity contribution in [1.82, 2.24) is 4.98 Å². The Morgan fingerprint density at radius 1 is 1.60 bits per heavy atom. The van der Waals surface area contributed by atoms with Crippen molar-refractivity contribution >= 4 is 5.84 Å². The van der Waals surface area contributed by atoms with Crippen LogP contribution in [0.25, 0.3) is 0 Å². The molecule has 0 aromatic carbocycles. The van der Waals surface area contributed by atoms with E-state index in [1.165, 1.54) is 0 Å². The maximum Gasteiger partial charge on any atom is 0.259 e. The molecule has 0 spiro atoms. The summed E-state index contributed by atoms with van der Waals surface area (Å²) in [4.78, 5) is 14.3. The molecular formula is C11H17N3O. The summed E-state index contributed by atoms with van der Waals surface area (Å²) in [6, 6.07) is 1.68. The standard InChI is InChI=1S/C11H17N3O/c1-6(2)4-9-7(3)5-8(10(12)13)11(15)14-9/h5-6H,4H2,1-3H3,(H3,12,13)(H,14,15). The number of aromatic amines is 1. The van der Waals surface area contributed by atoms with E-state index in [2.05, 4.69) is 18.8 Å². The number of nitrogens with one attached hydrogen (secondary N) is 2. The van der Waals surface area contributed by atoms with Gasteiger partial charge >= 0.3 is 0 Å². The average molecular weight is 207 g/mol. The molecule has 0 aliphatic heterocycles. The fraction of sp³-hybridized carbons (Fsp3) is 0.455. The minimum absolute atomic E-state index is 0.185. The van der Waals surface area contributed by atoms with E-state index in [9.17, 15) is 4.79 Å². The molecule has 0 bridgehead atoms. The summed E-state index contributed by atoms with van der Waals surface area (Å²) in [5.74, 6) is 0.304. The number of pyridine rings is 1. The number of rotatable bonds is 3. The zero-order chi connectivity index (χ0) is 11.6. The van der Waals surface area contributed by atoms with Crippen LogP contribution in [0.4, 0.5) is 0 Å². The fourth-order valence-electron chi connectivity index (χ4n) is 1.49. The highest BCUT2D eigenvalue weighted by molar-refractivity contribution is 5.94. The summed E-state index contributed by atoms with van der Waals surface area (Å²) >= 11 is 0. The van der Waals surface area contributed by atoms with Gasteiger partial charge in [-0.2, -0.15) is 0 Å². The third kappa shape index (κ3) is 2.68. The number of aryl methyl sites for hydroxylation is 1. The van der Waals surface area contributed by atoms with Crippen LogP contribution in [0.2, 0.25) is 0 Å². The largest absolute Gasteiger partial charge is 0.384 e. The van der Waals surface area contributed by atoms with E-state index in [0.29, 0.717) is 5.92 Å². The van der Waals surface area contributed by atoms with Crippen molar-refractivity contribution in [2.75, 3.05) is 0 Å². The molecule has 1 aromatic rings. The lowest BCUT2D eigenvalue weighted by molar-refractivity contribution is 0.631.